The summed E-state index contributed by atoms with van der Waals surface area (Å²) < 4.78 is 0. The van der Waals surface area contributed by atoms with Crippen LogP contribution in [0.1, 0.15) is 42.0 Å². The molecule has 0 spiro atoms. The summed E-state index contributed by atoms with van der Waals surface area (Å²) in [6.45, 7) is 5.88. The number of rotatable bonds is 3. The molecule has 1 heterocycles. The van der Waals surface area contributed by atoms with E-state index >= 15 is 0 Å². The van der Waals surface area contributed by atoms with Gasteiger partial charge in [0.1, 0.15) is 0 Å². The van der Waals surface area contributed by atoms with Gasteiger partial charge in [0.25, 0.3) is 0 Å². The Hall–Kier alpha value is -0.410. The molecule has 0 saturated carbocycles. The molecule has 0 radical (unpaired) electrons. The summed E-state index contributed by atoms with van der Waals surface area (Å²) in [4.78, 5) is 5.39. The van der Waals surface area contributed by atoms with Gasteiger partial charge in [0, 0.05) is 0 Å². The summed E-state index contributed by atoms with van der Waals surface area (Å²) in [5, 5.41) is 10.5. The van der Waals surface area contributed by atoms with Gasteiger partial charge in [-0.15, -0.1) is 11.3 Å². The third-order valence-corrected chi connectivity index (χ3v) is 3.11. The normalized spacial score (nSPS) is 13.3. The van der Waals surface area contributed by atoms with Crippen LogP contribution in [0.2, 0.25) is 0 Å². The van der Waals surface area contributed by atoms with Crippen molar-refractivity contribution in [3.05, 3.63) is 15.6 Å². The molecular formula is C9H15NOS. The average Bonchev–Trinajstić information content (AvgIpc) is 2.32. The standard InChI is InChI=1S/C9H15NOS/c1-4-5-8-10-6(2)9(12-8)7(3)11/h7,11H,4-5H2,1-3H3. The number of aliphatic hydroxyl groups excluding tert-OH is 1. The van der Waals surface area contributed by atoms with E-state index in [-0.39, 0.29) is 6.10 Å². The van der Waals surface area contributed by atoms with Crippen molar-refractivity contribution >= 4 is 11.3 Å². The van der Waals surface area contributed by atoms with E-state index in [4.69, 9.17) is 0 Å². The van der Waals surface area contributed by atoms with Gasteiger partial charge in [-0.2, -0.15) is 0 Å². The lowest BCUT2D eigenvalue weighted by molar-refractivity contribution is 0.202. The molecule has 1 aromatic rings. The predicted octanol–water partition coefficient (Wildman–Crippen LogP) is 2.46. The molecule has 0 amide bonds. The summed E-state index contributed by atoms with van der Waals surface area (Å²) in [5.41, 5.74) is 0.985. The highest BCUT2D eigenvalue weighted by Crippen LogP contribution is 2.25. The zero-order valence-corrected chi connectivity index (χ0v) is 8.61. The highest BCUT2D eigenvalue weighted by atomic mass is 32.1. The zero-order chi connectivity index (χ0) is 9.14. The fraction of sp³-hybridized carbons (Fsp3) is 0.667. The summed E-state index contributed by atoms with van der Waals surface area (Å²) in [6, 6.07) is 0. The van der Waals surface area contributed by atoms with E-state index in [1.165, 1.54) is 0 Å². The van der Waals surface area contributed by atoms with Gasteiger partial charge in [0.2, 0.25) is 0 Å². The highest BCUT2D eigenvalue weighted by Gasteiger charge is 2.10. The molecule has 0 fully saturated rings. The van der Waals surface area contributed by atoms with Crippen molar-refractivity contribution in [1.82, 2.24) is 4.98 Å². The fourth-order valence-corrected chi connectivity index (χ4v) is 2.28. The molecule has 0 aromatic carbocycles. The van der Waals surface area contributed by atoms with Crippen molar-refractivity contribution in [1.29, 1.82) is 0 Å². The smallest absolute Gasteiger partial charge is 0.0931 e. The molecule has 2 nitrogen and oxygen atoms in total. The second-order valence-corrected chi connectivity index (χ2v) is 4.10. The topological polar surface area (TPSA) is 33.1 Å². The first kappa shape index (κ1) is 9.68. The lowest BCUT2D eigenvalue weighted by Crippen LogP contribution is -1.88. The Balaban J connectivity index is 2.85. The van der Waals surface area contributed by atoms with Crippen LogP contribution in [0.5, 0.6) is 0 Å². The molecule has 1 atom stereocenters. The van der Waals surface area contributed by atoms with Crippen LogP contribution < -0.4 is 0 Å². The monoisotopic (exact) mass is 185 g/mol. The van der Waals surface area contributed by atoms with Gasteiger partial charge < -0.3 is 5.11 Å². The van der Waals surface area contributed by atoms with Crippen LogP contribution in [0.4, 0.5) is 0 Å². The first-order chi connectivity index (χ1) is 5.65. The van der Waals surface area contributed by atoms with Crippen LogP contribution in [0, 0.1) is 6.92 Å². The number of aliphatic hydroxyl groups is 1. The van der Waals surface area contributed by atoms with E-state index in [1.807, 2.05) is 6.92 Å². The number of nitrogens with zero attached hydrogens (tertiary/aromatic N) is 1. The molecule has 0 aliphatic heterocycles. The molecule has 1 unspecified atom stereocenters. The van der Waals surface area contributed by atoms with E-state index in [1.54, 1.807) is 18.3 Å². The predicted molar refractivity (Wildman–Crippen MR) is 51.5 cm³/mol. The molecule has 0 aliphatic rings. The van der Waals surface area contributed by atoms with Crippen LogP contribution in [-0.4, -0.2) is 10.1 Å². The van der Waals surface area contributed by atoms with E-state index < -0.39 is 0 Å². The van der Waals surface area contributed by atoms with Gasteiger partial charge in [-0.1, -0.05) is 6.92 Å². The summed E-state index contributed by atoms with van der Waals surface area (Å²) >= 11 is 1.63. The quantitative estimate of drug-likeness (QED) is 0.784. The molecule has 1 aromatic heterocycles. The van der Waals surface area contributed by atoms with E-state index in [9.17, 15) is 5.11 Å². The fourth-order valence-electron chi connectivity index (χ4n) is 1.17. The minimum Gasteiger partial charge on any atom is -0.388 e. The maximum atomic E-state index is 9.36. The average molecular weight is 185 g/mol. The Kier molecular flexibility index (Phi) is 3.23. The number of thiazole rings is 1. The van der Waals surface area contributed by atoms with Gasteiger partial charge in [-0.25, -0.2) is 4.98 Å². The van der Waals surface area contributed by atoms with Crippen molar-refractivity contribution in [2.24, 2.45) is 0 Å². The van der Waals surface area contributed by atoms with Crippen molar-refractivity contribution < 1.29 is 5.11 Å². The summed E-state index contributed by atoms with van der Waals surface area (Å²) in [5.74, 6) is 0. The molecule has 3 heteroatoms. The first-order valence-electron chi connectivity index (χ1n) is 4.29. The Morgan fingerprint density at radius 2 is 2.25 bits per heavy atom. The summed E-state index contributed by atoms with van der Waals surface area (Å²) in [7, 11) is 0. The number of hydrogen-bond acceptors (Lipinski definition) is 3. The number of aromatic nitrogens is 1. The second kappa shape index (κ2) is 4.01. The van der Waals surface area contributed by atoms with Crippen molar-refractivity contribution in [2.45, 2.75) is 39.7 Å². The lowest BCUT2D eigenvalue weighted by atomic mass is 10.3. The SMILES string of the molecule is CCCc1nc(C)c(C(C)O)s1. The van der Waals surface area contributed by atoms with Crippen LogP contribution in [0.3, 0.4) is 0 Å². The van der Waals surface area contributed by atoms with Crippen LogP contribution >= 0.6 is 11.3 Å². The Morgan fingerprint density at radius 3 is 2.67 bits per heavy atom. The van der Waals surface area contributed by atoms with Crippen LogP contribution in [0.15, 0.2) is 0 Å². The highest BCUT2D eigenvalue weighted by molar-refractivity contribution is 7.11. The maximum Gasteiger partial charge on any atom is 0.0931 e. The molecule has 0 bridgehead atoms. The second-order valence-electron chi connectivity index (χ2n) is 2.98. The van der Waals surface area contributed by atoms with Crippen LogP contribution in [0.25, 0.3) is 0 Å². The molecule has 0 aliphatic carbocycles. The number of hydrogen-bond donors (Lipinski definition) is 1. The van der Waals surface area contributed by atoms with Crippen LogP contribution in [-0.2, 0) is 6.42 Å². The minimum absolute atomic E-state index is 0.367. The molecule has 1 rings (SSSR count). The van der Waals surface area contributed by atoms with Crippen molar-refractivity contribution in [3.63, 3.8) is 0 Å². The number of aryl methyl sites for hydroxylation is 2. The van der Waals surface area contributed by atoms with E-state index in [0.717, 1.165) is 28.4 Å². The van der Waals surface area contributed by atoms with Gasteiger partial charge in [0.15, 0.2) is 0 Å². The zero-order valence-electron chi connectivity index (χ0n) is 7.79. The molecular weight excluding hydrogens is 170 g/mol. The van der Waals surface area contributed by atoms with Gasteiger partial charge in [-0.3, -0.25) is 0 Å². The third kappa shape index (κ3) is 2.05. The minimum atomic E-state index is -0.367. The van der Waals surface area contributed by atoms with E-state index in [0.29, 0.717) is 0 Å². The van der Waals surface area contributed by atoms with Crippen molar-refractivity contribution in [2.75, 3.05) is 0 Å². The maximum absolute atomic E-state index is 9.36. The largest absolute Gasteiger partial charge is 0.388 e. The lowest BCUT2D eigenvalue weighted by Gasteiger charge is -1.98. The van der Waals surface area contributed by atoms with Crippen molar-refractivity contribution in [3.8, 4) is 0 Å². The van der Waals surface area contributed by atoms with E-state index in [2.05, 4.69) is 11.9 Å². The first-order valence-corrected chi connectivity index (χ1v) is 5.11. The molecule has 0 saturated heterocycles. The van der Waals surface area contributed by atoms with Gasteiger partial charge in [-0.05, 0) is 26.7 Å². The van der Waals surface area contributed by atoms with Gasteiger partial charge in [0.05, 0.1) is 21.7 Å². The summed E-state index contributed by atoms with van der Waals surface area (Å²) in [6.07, 6.45) is 1.78. The Labute approximate surface area is 77.3 Å². The van der Waals surface area contributed by atoms with Gasteiger partial charge >= 0.3 is 0 Å². The Bertz CT molecular complexity index is 255. The molecule has 12 heavy (non-hydrogen) atoms. The third-order valence-electron chi connectivity index (χ3n) is 1.72. The molecule has 1 N–H and O–H groups in total. The molecule has 68 valence electrons. The Morgan fingerprint density at radius 1 is 1.58 bits per heavy atom.